The van der Waals surface area contributed by atoms with Crippen LogP contribution < -0.4 is 5.73 Å². The summed E-state index contributed by atoms with van der Waals surface area (Å²) in [5, 5.41) is 1.29. The van der Waals surface area contributed by atoms with E-state index in [0.29, 0.717) is 21.8 Å². The van der Waals surface area contributed by atoms with E-state index in [-0.39, 0.29) is 5.78 Å². The molecule has 4 heteroatoms. The number of nitrogens with zero attached hydrogens (tertiary/aromatic N) is 1. The zero-order valence-electron chi connectivity index (χ0n) is 11.9. The Labute approximate surface area is 127 Å². The normalized spacial score (nSPS) is 11.0. The minimum atomic E-state index is -0.146. The summed E-state index contributed by atoms with van der Waals surface area (Å²) in [4.78, 5) is 12.8. The lowest BCUT2D eigenvalue weighted by atomic mass is 10.0. The molecular formula is C17H15ClN2O. The quantitative estimate of drug-likeness (QED) is 0.575. The van der Waals surface area contributed by atoms with Crippen LogP contribution in [0, 0.1) is 6.92 Å². The highest BCUT2D eigenvalue weighted by Gasteiger charge is 2.20. The Bertz CT molecular complexity index is 844. The number of fused-ring (bicyclic) bond motifs is 1. The number of anilines is 1. The molecule has 0 saturated carbocycles. The molecule has 1 heterocycles. The molecule has 0 fully saturated rings. The van der Waals surface area contributed by atoms with Crippen LogP contribution in [0.3, 0.4) is 0 Å². The van der Waals surface area contributed by atoms with Crippen molar-refractivity contribution in [3.8, 4) is 0 Å². The highest BCUT2D eigenvalue weighted by atomic mass is 35.5. The summed E-state index contributed by atoms with van der Waals surface area (Å²) in [6.07, 6.45) is 1.83. The first-order valence-electron chi connectivity index (χ1n) is 6.63. The molecule has 1 aromatic heterocycles. The van der Waals surface area contributed by atoms with E-state index in [1.54, 1.807) is 18.2 Å². The number of benzene rings is 2. The molecule has 3 aromatic rings. The predicted molar refractivity (Wildman–Crippen MR) is 87.0 cm³/mol. The summed E-state index contributed by atoms with van der Waals surface area (Å²) in [7, 11) is 1.93. The van der Waals surface area contributed by atoms with Crippen molar-refractivity contribution in [1.29, 1.82) is 0 Å². The maximum Gasteiger partial charge on any atom is 0.198 e. The highest BCUT2D eigenvalue weighted by molar-refractivity contribution is 6.36. The molecule has 0 atom stereocenters. The van der Waals surface area contributed by atoms with Gasteiger partial charge < -0.3 is 10.3 Å². The molecule has 0 aliphatic carbocycles. The van der Waals surface area contributed by atoms with Gasteiger partial charge in [0, 0.05) is 35.4 Å². The largest absolute Gasteiger partial charge is 0.398 e. The number of nitrogens with two attached hydrogens (primary N) is 1. The van der Waals surface area contributed by atoms with E-state index in [1.807, 2.05) is 36.9 Å². The second-order valence-electron chi connectivity index (χ2n) is 5.21. The van der Waals surface area contributed by atoms with Crippen molar-refractivity contribution in [2.45, 2.75) is 6.92 Å². The first-order chi connectivity index (χ1) is 9.99. The van der Waals surface area contributed by atoms with Crippen LogP contribution in [-0.4, -0.2) is 10.4 Å². The fraction of sp³-hybridized carbons (Fsp3) is 0.118. The lowest BCUT2D eigenvalue weighted by Crippen LogP contribution is -2.05. The van der Waals surface area contributed by atoms with Gasteiger partial charge in [0.25, 0.3) is 0 Å². The molecule has 3 nitrogen and oxygen atoms in total. The summed E-state index contributed by atoms with van der Waals surface area (Å²) < 4.78 is 1.95. The fourth-order valence-corrected chi connectivity index (χ4v) is 2.86. The molecule has 3 rings (SSSR count). The maximum atomic E-state index is 12.8. The minimum Gasteiger partial charge on any atom is -0.398 e. The number of nitrogen functional groups attached to an aromatic ring is 1. The van der Waals surface area contributed by atoms with E-state index in [0.717, 1.165) is 16.5 Å². The highest BCUT2D eigenvalue weighted by Crippen LogP contribution is 2.29. The van der Waals surface area contributed by atoms with Gasteiger partial charge in [-0.05, 0) is 30.7 Å². The van der Waals surface area contributed by atoms with E-state index in [4.69, 9.17) is 17.3 Å². The molecule has 0 saturated heterocycles. The smallest absolute Gasteiger partial charge is 0.198 e. The first-order valence-corrected chi connectivity index (χ1v) is 7.01. The summed E-state index contributed by atoms with van der Waals surface area (Å²) in [5.41, 5.74) is 9.48. The Morgan fingerprint density at radius 3 is 2.71 bits per heavy atom. The number of hydrogen-bond acceptors (Lipinski definition) is 2. The number of carbonyl (C=O) groups is 1. The van der Waals surface area contributed by atoms with E-state index >= 15 is 0 Å². The average molecular weight is 299 g/mol. The molecule has 0 spiro atoms. The third-order valence-electron chi connectivity index (χ3n) is 3.66. The Morgan fingerprint density at radius 1 is 1.24 bits per heavy atom. The molecule has 0 amide bonds. The van der Waals surface area contributed by atoms with Crippen molar-refractivity contribution in [3.63, 3.8) is 0 Å². The van der Waals surface area contributed by atoms with Gasteiger partial charge in [-0.3, -0.25) is 4.79 Å². The van der Waals surface area contributed by atoms with Crippen molar-refractivity contribution in [1.82, 2.24) is 4.57 Å². The van der Waals surface area contributed by atoms with Crippen molar-refractivity contribution >= 4 is 34.0 Å². The summed E-state index contributed by atoms with van der Waals surface area (Å²) >= 11 is 6.15. The van der Waals surface area contributed by atoms with Gasteiger partial charge in [0.2, 0.25) is 0 Å². The van der Waals surface area contributed by atoms with Crippen molar-refractivity contribution < 1.29 is 4.79 Å². The van der Waals surface area contributed by atoms with Crippen LogP contribution in [-0.2, 0) is 7.05 Å². The molecule has 2 aromatic carbocycles. The number of halogens is 1. The van der Waals surface area contributed by atoms with Crippen molar-refractivity contribution in [3.05, 3.63) is 64.3 Å². The Balaban J connectivity index is 2.24. The third-order valence-corrected chi connectivity index (χ3v) is 3.98. The monoisotopic (exact) mass is 298 g/mol. The van der Waals surface area contributed by atoms with Gasteiger partial charge in [0.15, 0.2) is 5.78 Å². The molecule has 2 N–H and O–H groups in total. The van der Waals surface area contributed by atoms with Gasteiger partial charge in [0.05, 0.1) is 10.6 Å². The van der Waals surface area contributed by atoms with Crippen LogP contribution in [0.1, 0.15) is 21.5 Å². The zero-order chi connectivity index (χ0) is 15.1. The molecule has 0 unspecified atom stereocenters. The number of aryl methyl sites for hydroxylation is 2. The van der Waals surface area contributed by atoms with Crippen LogP contribution in [0.25, 0.3) is 10.9 Å². The van der Waals surface area contributed by atoms with Crippen LogP contribution in [0.5, 0.6) is 0 Å². The molecule has 0 aliphatic heterocycles. The summed E-state index contributed by atoms with van der Waals surface area (Å²) in [6.45, 7) is 2.03. The van der Waals surface area contributed by atoms with Gasteiger partial charge in [-0.2, -0.15) is 0 Å². The van der Waals surface area contributed by atoms with Crippen LogP contribution in [0.4, 0.5) is 5.69 Å². The zero-order valence-corrected chi connectivity index (χ0v) is 12.6. The average Bonchev–Trinajstić information content (AvgIpc) is 2.75. The summed E-state index contributed by atoms with van der Waals surface area (Å²) in [5.74, 6) is -0.146. The Hall–Kier alpha value is -2.26. The summed E-state index contributed by atoms with van der Waals surface area (Å²) in [6, 6.07) is 11.1. The van der Waals surface area contributed by atoms with Gasteiger partial charge in [0.1, 0.15) is 0 Å². The topological polar surface area (TPSA) is 48.0 Å². The molecule has 0 aliphatic rings. The Morgan fingerprint density at radius 2 is 2.00 bits per heavy atom. The van der Waals surface area contributed by atoms with E-state index < -0.39 is 0 Å². The van der Waals surface area contributed by atoms with Gasteiger partial charge in [-0.15, -0.1) is 0 Å². The Kier molecular flexibility index (Phi) is 3.22. The van der Waals surface area contributed by atoms with Crippen molar-refractivity contribution in [2.75, 3.05) is 5.73 Å². The molecule has 0 radical (unpaired) electrons. The lowest BCUT2D eigenvalue weighted by Gasteiger charge is -2.06. The van der Waals surface area contributed by atoms with Crippen LogP contribution in [0.2, 0.25) is 5.02 Å². The third kappa shape index (κ3) is 2.20. The number of carbonyl (C=O) groups excluding carboxylic acids is 1. The van der Waals surface area contributed by atoms with E-state index in [1.165, 1.54) is 0 Å². The lowest BCUT2D eigenvalue weighted by molar-refractivity contribution is 0.104. The predicted octanol–water partition coefficient (Wildman–Crippen LogP) is 3.95. The van der Waals surface area contributed by atoms with Crippen LogP contribution in [0.15, 0.2) is 42.6 Å². The second kappa shape index (κ2) is 4.93. The van der Waals surface area contributed by atoms with Crippen LogP contribution >= 0.6 is 11.6 Å². The molecular weight excluding hydrogens is 284 g/mol. The number of aromatic nitrogens is 1. The van der Waals surface area contributed by atoms with Crippen molar-refractivity contribution in [2.24, 2.45) is 7.05 Å². The van der Waals surface area contributed by atoms with Gasteiger partial charge >= 0.3 is 0 Å². The number of hydrogen-bond donors (Lipinski definition) is 1. The number of ketones is 1. The van der Waals surface area contributed by atoms with E-state index in [9.17, 15) is 4.79 Å². The molecule has 0 bridgehead atoms. The van der Waals surface area contributed by atoms with Gasteiger partial charge in [-0.25, -0.2) is 0 Å². The van der Waals surface area contributed by atoms with E-state index in [2.05, 4.69) is 6.07 Å². The maximum absolute atomic E-state index is 12.8. The van der Waals surface area contributed by atoms with Gasteiger partial charge in [-0.1, -0.05) is 29.8 Å². The number of rotatable bonds is 2. The second-order valence-corrected chi connectivity index (χ2v) is 5.61. The SMILES string of the molecule is Cc1ccc2c(C(=O)c3c(N)cccc3Cl)cn(C)c2c1. The standard InChI is InChI=1S/C17H15ClN2O/c1-10-6-7-11-12(9-20(2)15(11)8-10)17(21)16-13(18)4-3-5-14(16)19/h3-9H,19H2,1-2H3. The minimum absolute atomic E-state index is 0.146. The molecule has 21 heavy (non-hydrogen) atoms. The first kappa shape index (κ1) is 13.7. The fourth-order valence-electron chi connectivity index (χ4n) is 2.59. The molecule has 106 valence electrons.